The van der Waals surface area contributed by atoms with E-state index in [2.05, 4.69) is 21.2 Å². The molecule has 5 nitrogen and oxygen atoms in total. The molecule has 1 fully saturated rings. The molecule has 0 saturated heterocycles. The van der Waals surface area contributed by atoms with E-state index in [9.17, 15) is 9.59 Å². The maximum absolute atomic E-state index is 11.4. The number of benzene rings is 1. The highest BCUT2D eigenvalue weighted by Gasteiger charge is 2.30. The van der Waals surface area contributed by atoms with Gasteiger partial charge in [0.25, 0.3) is 5.91 Å². The van der Waals surface area contributed by atoms with Crippen molar-refractivity contribution in [1.29, 1.82) is 0 Å². The summed E-state index contributed by atoms with van der Waals surface area (Å²) in [7, 11) is 0. The summed E-state index contributed by atoms with van der Waals surface area (Å²) in [5.41, 5.74) is 6.40. The summed E-state index contributed by atoms with van der Waals surface area (Å²) in [6.45, 7) is 0. The van der Waals surface area contributed by atoms with Crippen molar-refractivity contribution in [3.63, 3.8) is 0 Å². The first kappa shape index (κ1) is 13.9. The number of rotatable bonds is 4. The van der Waals surface area contributed by atoms with Crippen LogP contribution in [0.5, 0.6) is 0 Å². The SMILES string of the molecule is NC(=O)c1ccc(Br)cc1N[C@H]1CC[C@@H](C(=O)O)C1. The lowest BCUT2D eigenvalue weighted by atomic mass is 10.1. The fraction of sp³-hybridized carbons (Fsp3) is 0.385. The molecule has 0 spiro atoms. The van der Waals surface area contributed by atoms with E-state index in [1.54, 1.807) is 18.2 Å². The van der Waals surface area contributed by atoms with Crippen LogP contribution in [0.1, 0.15) is 29.6 Å². The number of hydrogen-bond acceptors (Lipinski definition) is 3. The number of carboxylic acids is 1. The van der Waals surface area contributed by atoms with Crippen LogP contribution in [0.15, 0.2) is 22.7 Å². The van der Waals surface area contributed by atoms with Crippen LogP contribution in [0.4, 0.5) is 5.69 Å². The standard InChI is InChI=1S/C13H15BrN2O3/c14-8-2-4-10(12(15)17)11(6-8)16-9-3-1-7(5-9)13(18)19/h2,4,6-7,9,16H,1,3,5H2,(H2,15,17)(H,18,19)/t7-,9+/m1/s1. The molecular formula is C13H15BrN2O3. The van der Waals surface area contributed by atoms with Gasteiger partial charge in [-0.15, -0.1) is 0 Å². The number of primary amides is 1. The molecule has 2 rings (SSSR count). The molecule has 0 bridgehead atoms. The van der Waals surface area contributed by atoms with E-state index in [0.717, 1.165) is 10.9 Å². The summed E-state index contributed by atoms with van der Waals surface area (Å²) in [6.07, 6.45) is 2.01. The van der Waals surface area contributed by atoms with Crippen LogP contribution in [0.2, 0.25) is 0 Å². The average molecular weight is 327 g/mol. The summed E-state index contributed by atoms with van der Waals surface area (Å²) in [6, 6.07) is 5.25. The Kier molecular flexibility index (Phi) is 4.09. The third kappa shape index (κ3) is 3.26. The zero-order chi connectivity index (χ0) is 14.0. The third-order valence-corrected chi connectivity index (χ3v) is 3.88. The fourth-order valence-electron chi connectivity index (χ4n) is 2.41. The second-order valence-electron chi connectivity index (χ2n) is 4.74. The number of nitrogens with one attached hydrogen (secondary N) is 1. The van der Waals surface area contributed by atoms with Crippen molar-refractivity contribution in [2.45, 2.75) is 25.3 Å². The molecule has 2 atom stereocenters. The van der Waals surface area contributed by atoms with Crippen LogP contribution >= 0.6 is 15.9 Å². The highest BCUT2D eigenvalue weighted by molar-refractivity contribution is 9.10. The number of halogens is 1. The maximum atomic E-state index is 11.4. The highest BCUT2D eigenvalue weighted by Crippen LogP contribution is 2.30. The van der Waals surface area contributed by atoms with Crippen LogP contribution < -0.4 is 11.1 Å². The molecule has 1 saturated carbocycles. The zero-order valence-electron chi connectivity index (χ0n) is 10.2. The molecule has 0 radical (unpaired) electrons. The Morgan fingerprint density at radius 2 is 2.11 bits per heavy atom. The van der Waals surface area contributed by atoms with Gasteiger partial charge in [-0.1, -0.05) is 15.9 Å². The number of amides is 1. The van der Waals surface area contributed by atoms with Gasteiger partial charge in [-0.3, -0.25) is 9.59 Å². The van der Waals surface area contributed by atoms with Crippen LogP contribution in [0, 0.1) is 5.92 Å². The van der Waals surface area contributed by atoms with Crippen molar-refractivity contribution in [1.82, 2.24) is 0 Å². The topological polar surface area (TPSA) is 92.4 Å². The van der Waals surface area contributed by atoms with Gasteiger partial charge in [-0.2, -0.15) is 0 Å². The van der Waals surface area contributed by atoms with Gasteiger partial charge < -0.3 is 16.2 Å². The first-order valence-electron chi connectivity index (χ1n) is 6.06. The number of carbonyl (C=O) groups excluding carboxylic acids is 1. The number of carbonyl (C=O) groups is 2. The van der Waals surface area contributed by atoms with Crippen LogP contribution in [-0.2, 0) is 4.79 Å². The largest absolute Gasteiger partial charge is 0.481 e. The van der Waals surface area contributed by atoms with Crippen LogP contribution in [-0.4, -0.2) is 23.0 Å². The molecule has 102 valence electrons. The van der Waals surface area contributed by atoms with Gasteiger partial charge in [0.05, 0.1) is 11.5 Å². The number of anilines is 1. The molecule has 0 unspecified atom stereocenters. The predicted molar refractivity (Wildman–Crippen MR) is 75.0 cm³/mol. The Hall–Kier alpha value is -1.56. The summed E-state index contributed by atoms with van der Waals surface area (Å²) in [5, 5.41) is 12.2. The molecule has 19 heavy (non-hydrogen) atoms. The van der Waals surface area contributed by atoms with Crippen molar-refractivity contribution in [3.05, 3.63) is 28.2 Å². The Morgan fingerprint density at radius 3 is 2.68 bits per heavy atom. The maximum Gasteiger partial charge on any atom is 0.306 e. The van der Waals surface area contributed by atoms with Crippen LogP contribution in [0.3, 0.4) is 0 Å². The molecule has 1 amide bonds. The molecule has 1 aliphatic carbocycles. The number of carboxylic acid groups (broad SMARTS) is 1. The molecule has 1 aromatic carbocycles. The Balaban J connectivity index is 2.13. The second-order valence-corrected chi connectivity index (χ2v) is 5.66. The minimum absolute atomic E-state index is 0.0634. The van der Waals surface area contributed by atoms with Gasteiger partial charge >= 0.3 is 5.97 Å². The smallest absolute Gasteiger partial charge is 0.306 e. The van der Waals surface area contributed by atoms with Crippen molar-refractivity contribution >= 4 is 33.5 Å². The molecule has 0 aliphatic heterocycles. The van der Waals surface area contributed by atoms with Crippen molar-refractivity contribution < 1.29 is 14.7 Å². The number of hydrogen-bond donors (Lipinski definition) is 3. The Bertz CT molecular complexity index is 519. The summed E-state index contributed by atoms with van der Waals surface area (Å²) in [4.78, 5) is 22.3. The van der Waals surface area contributed by atoms with E-state index in [4.69, 9.17) is 10.8 Å². The van der Waals surface area contributed by atoms with Gasteiger partial charge in [0.15, 0.2) is 0 Å². The summed E-state index contributed by atoms with van der Waals surface area (Å²) in [5.74, 6) is -1.56. The number of nitrogens with two attached hydrogens (primary N) is 1. The predicted octanol–water partition coefficient (Wildman–Crippen LogP) is 2.21. The van der Waals surface area contributed by atoms with E-state index >= 15 is 0 Å². The lowest BCUT2D eigenvalue weighted by Gasteiger charge is -2.16. The monoisotopic (exact) mass is 326 g/mol. The van der Waals surface area contributed by atoms with Crippen LogP contribution in [0.25, 0.3) is 0 Å². The van der Waals surface area contributed by atoms with Gasteiger partial charge in [-0.25, -0.2) is 0 Å². The van der Waals surface area contributed by atoms with E-state index < -0.39 is 11.9 Å². The second kappa shape index (κ2) is 5.61. The molecule has 1 aliphatic rings. The van der Waals surface area contributed by atoms with Crippen molar-refractivity contribution in [2.24, 2.45) is 11.7 Å². The van der Waals surface area contributed by atoms with E-state index in [1.165, 1.54) is 0 Å². The first-order chi connectivity index (χ1) is 8.97. The highest BCUT2D eigenvalue weighted by atomic mass is 79.9. The molecule has 4 N–H and O–H groups in total. The minimum Gasteiger partial charge on any atom is -0.481 e. The first-order valence-corrected chi connectivity index (χ1v) is 6.85. The number of aliphatic carboxylic acids is 1. The quantitative estimate of drug-likeness (QED) is 0.790. The molecule has 0 aromatic heterocycles. The molecular weight excluding hydrogens is 312 g/mol. The van der Waals surface area contributed by atoms with Crippen molar-refractivity contribution in [3.8, 4) is 0 Å². The van der Waals surface area contributed by atoms with Gasteiger partial charge in [0, 0.05) is 16.2 Å². The molecule has 0 heterocycles. The fourth-order valence-corrected chi connectivity index (χ4v) is 2.77. The normalized spacial score (nSPS) is 22.2. The minimum atomic E-state index is -0.756. The lowest BCUT2D eigenvalue weighted by Crippen LogP contribution is -2.21. The Morgan fingerprint density at radius 1 is 1.37 bits per heavy atom. The van der Waals surface area contributed by atoms with E-state index in [-0.39, 0.29) is 12.0 Å². The van der Waals surface area contributed by atoms with Gasteiger partial charge in [0.1, 0.15) is 0 Å². The molecule has 1 aromatic rings. The summed E-state index contributed by atoms with van der Waals surface area (Å²) < 4.78 is 0.841. The van der Waals surface area contributed by atoms with Crippen molar-refractivity contribution in [2.75, 3.05) is 5.32 Å². The van der Waals surface area contributed by atoms with Gasteiger partial charge in [0.2, 0.25) is 0 Å². The summed E-state index contributed by atoms with van der Waals surface area (Å²) >= 11 is 3.34. The van der Waals surface area contributed by atoms with E-state index in [0.29, 0.717) is 24.1 Å². The Labute approximate surface area is 119 Å². The van der Waals surface area contributed by atoms with E-state index in [1.807, 2.05) is 0 Å². The third-order valence-electron chi connectivity index (χ3n) is 3.39. The van der Waals surface area contributed by atoms with Gasteiger partial charge in [-0.05, 0) is 37.5 Å². The zero-order valence-corrected chi connectivity index (χ0v) is 11.8. The molecule has 6 heteroatoms. The average Bonchev–Trinajstić information content (AvgIpc) is 2.77. The lowest BCUT2D eigenvalue weighted by molar-refractivity contribution is -0.141.